The van der Waals surface area contributed by atoms with Gasteiger partial charge < -0.3 is 9.88 Å². The van der Waals surface area contributed by atoms with Gasteiger partial charge in [0.25, 0.3) is 0 Å². The molecule has 30 heavy (non-hydrogen) atoms. The van der Waals surface area contributed by atoms with Crippen molar-refractivity contribution in [2.24, 2.45) is 5.92 Å². The molecule has 0 aliphatic carbocycles. The number of carbonyl (C=O) groups excluding carboxylic acids is 2. The highest BCUT2D eigenvalue weighted by molar-refractivity contribution is 5.99. The largest absolute Gasteiger partial charge is 0.326 e. The molecule has 2 N–H and O–H groups in total. The molecule has 3 heterocycles. The number of aromatic nitrogens is 4. The number of hydrogen-bond acceptors (Lipinski definition) is 4. The number of nitrogens with one attached hydrogen (secondary N) is 2. The van der Waals surface area contributed by atoms with Gasteiger partial charge >= 0.3 is 0 Å². The van der Waals surface area contributed by atoms with Crippen molar-refractivity contribution in [3.8, 4) is 5.69 Å². The lowest BCUT2D eigenvalue weighted by molar-refractivity contribution is -0.125. The standard InChI is InChI=1S/C21H17FN6O2/c22-15-11-14(6-7-17(15)28-9-3-8-23-28)24-19(29)10-13-12-27-18-5-2-1-4-16(18)25-21(27)26-20(13)30/h1-9,11,13H,10,12H2,(H,24,29)(H,25,26,30). The van der Waals surface area contributed by atoms with Crippen molar-refractivity contribution in [2.75, 3.05) is 10.6 Å². The number of fused-ring (bicyclic) bond motifs is 3. The third-order valence-corrected chi connectivity index (χ3v) is 5.08. The SMILES string of the molecule is O=C(CC1Cn2c(nc3ccccc32)NC1=O)Nc1ccc(-n2cccn2)c(F)c1. The van der Waals surface area contributed by atoms with E-state index in [2.05, 4.69) is 20.7 Å². The van der Waals surface area contributed by atoms with E-state index in [1.807, 2.05) is 28.8 Å². The van der Waals surface area contributed by atoms with Crippen molar-refractivity contribution in [1.29, 1.82) is 0 Å². The summed E-state index contributed by atoms with van der Waals surface area (Å²) in [7, 11) is 0. The molecule has 1 aliphatic heterocycles. The van der Waals surface area contributed by atoms with Crippen molar-refractivity contribution in [1.82, 2.24) is 19.3 Å². The van der Waals surface area contributed by atoms with Gasteiger partial charge in [0.2, 0.25) is 17.8 Å². The molecule has 1 aliphatic rings. The number of rotatable bonds is 4. The van der Waals surface area contributed by atoms with Crippen molar-refractivity contribution in [2.45, 2.75) is 13.0 Å². The van der Waals surface area contributed by atoms with Crippen LogP contribution in [0.3, 0.4) is 0 Å². The highest BCUT2D eigenvalue weighted by Gasteiger charge is 2.30. The Kier molecular flexibility index (Phi) is 4.27. The molecular weight excluding hydrogens is 387 g/mol. The van der Waals surface area contributed by atoms with E-state index in [1.54, 1.807) is 24.5 Å². The number of hydrogen-bond donors (Lipinski definition) is 2. The van der Waals surface area contributed by atoms with Crippen LogP contribution in [0.4, 0.5) is 16.0 Å². The van der Waals surface area contributed by atoms with Crippen LogP contribution in [0.2, 0.25) is 0 Å². The lowest BCUT2D eigenvalue weighted by atomic mass is 10.0. The maximum atomic E-state index is 14.4. The van der Waals surface area contributed by atoms with Crippen LogP contribution in [0, 0.1) is 11.7 Å². The number of halogens is 1. The van der Waals surface area contributed by atoms with E-state index < -0.39 is 11.7 Å². The van der Waals surface area contributed by atoms with Gasteiger partial charge in [0.15, 0.2) is 5.82 Å². The Bertz CT molecular complexity index is 1260. The van der Waals surface area contributed by atoms with E-state index >= 15 is 0 Å². The number of carbonyl (C=O) groups is 2. The Labute approximate surface area is 170 Å². The summed E-state index contributed by atoms with van der Waals surface area (Å²) in [6, 6.07) is 13.6. The second-order valence-corrected chi connectivity index (χ2v) is 7.09. The van der Waals surface area contributed by atoms with Gasteiger partial charge in [-0.25, -0.2) is 14.1 Å². The quantitative estimate of drug-likeness (QED) is 0.547. The molecule has 0 bridgehead atoms. The summed E-state index contributed by atoms with van der Waals surface area (Å²) >= 11 is 0. The Morgan fingerprint density at radius 3 is 2.90 bits per heavy atom. The molecule has 9 heteroatoms. The Morgan fingerprint density at radius 1 is 1.23 bits per heavy atom. The molecule has 2 aromatic heterocycles. The van der Waals surface area contributed by atoms with Gasteiger partial charge in [-0.15, -0.1) is 0 Å². The fraction of sp³-hybridized carbons (Fsp3) is 0.143. The van der Waals surface area contributed by atoms with Gasteiger partial charge in [-0.1, -0.05) is 12.1 Å². The van der Waals surface area contributed by atoms with Crippen LogP contribution in [-0.4, -0.2) is 31.1 Å². The summed E-state index contributed by atoms with van der Waals surface area (Å²) in [4.78, 5) is 29.4. The molecule has 0 saturated carbocycles. The monoisotopic (exact) mass is 404 g/mol. The van der Waals surface area contributed by atoms with Gasteiger partial charge in [-0.3, -0.25) is 14.9 Å². The van der Waals surface area contributed by atoms with Crippen LogP contribution in [0.25, 0.3) is 16.7 Å². The minimum absolute atomic E-state index is 0.0275. The molecule has 8 nitrogen and oxygen atoms in total. The molecule has 0 fully saturated rings. The maximum absolute atomic E-state index is 14.4. The summed E-state index contributed by atoms with van der Waals surface area (Å²) in [6.45, 7) is 0.349. The zero-order valence-corrected chi connectivity index (χ0v) is 15.7. The molecule has 2 aromatic carbocycles. The minimum atomic E-state index is -0.552. The van der Waals surface area contributed by atoms with Gasteiger partial charge in [-0.2, -0.15) is 5.10 Å². The topological polar surface area (TPSA) is 93.8 Å². The molecule has 1 atom stereocenters. The van der Waals surface area contributed by atoms with E-state index in [0.29, 0.717) is 18.2 Å². The molecule has 150 valence electrons. The van der Waals surface area contributed by atoms with Crippen LogP contribution < -0.4 is 10.6 Å². The summed E-state index contributed by atoms with van der Waals surface area (Å²) in [5.41, 5.74) is 2.28. The zero-order chi connectivity index (χ0) is 20.7. The van der Waals surface area contributed by atoms with Crippen LogP contribution in [-0.2, 0) is 16.1 Å². The number of nitrogens with zero attached hydrogens (tertiary/aromatic N) is 4. The average molecular weight is 404 g/mol. The maximum Gasteiger partial charge on any atom is 0.232 e. The first-order valence-electron chi connectivity index (χ1n) is 9.44. The summed E-state index contributed by atoms with van der Waals surface area (Å²) in [5.74, 6) is -1.21. The lowest BCUT2D eigenvalue weighted by Gasteiger charge is -2.23. The normalized spacial score (nSPS) is 15.6. The van der Waals surface area contributed by atoms with Gasteiger partial charge in [0.05, 0.1) is 17.0 Å². The van der Waals surface area contributed by atoms with E-state index in [9.17, 15) is 14.0 Å². The Hall–Kier alpha value is -4.01. The van der Waals surface area contributed by atoms with E-state index in [4.69, 9.17) is 0 Å². The first kappa shape index (κ1) is 18.0. The Balaban J connectivity index is 1.30. The van der Waals surface area contributed by atoms with Gasteiger partial charge in [0.1, 0.15) is 5.69 Å². The summed E-state index contributed by atoms with van der Waals surface area (Å²) in [5, 5.41) is 9.43. The summed E-state index contributed by atoms with van der Waals surface area (Å²) in [6.07, 6.45) is 3.16. The number of amides is 2. The van der Waals surface area contributed by atoms with Crippen molar-refractivity contribution >= 4 is 34.5 Å². The fourth-order valence-corrected chi connectivity index (χ4v) is 3.65. The van der Waals surface area contributed by atoms with Gasteiger partial charge in [0, 0.05) is 31.0 Å². The van der Waals surface area contributed by atoms with Crippen LogP contribution in [0.15, 0.2) is 60.9 Å². The molecule has 4 aromatic rings. The van der Waals surface area contributed by atoms with Crippen LogP contribution in [0.1, 0.15) is 6.42 Å². The third kappa shape index (κ3) is 3.20. The number of imidazole rings is 1. The van der Waals surface area contributed by atoms with Crippen LogP contribution in [0.5, 0.6) is 0 Å². The predicted molar refractivity (Wildman–Crippen MR) is 109 cm³/mol. The summed E-state index contributed by atoms with van der Waals surface area (Å²) < 4.78 is 17.7. The molecule has 0 radical (unpaired) electrons. The zero-order valence-electron chi connectivity index (χ0n) is 15.7. The second-order valence-electron chi connectivity index (χ2n) is 7.09. The fourth-order valence-electron chi connectivity index (χ4n) is 3.65. The lowest BCUT2D eigenvalue weighted by Crippen LogP contribution is -2.35. The van der Waals surface area contributed by atoms with E-state index in [-0.39, 0.29) is 23.9 Å². The highest BCUT2D eigenvalue weighted by Crippen LogP contribution is 2.27. The molecule has 5 rings (SSSR count). The second kappa shape index (κ2) is 7.11. The third-order valence-electron chi connectivity index (χ3n) is 5.08. The Morgan fingerprint density at radius 2 is 2.10 bits per heavy atom. The predicted octanol–water partition coefficient (Wildman–Crippen LogP) is 2.96. The van der Waals surface area contributed by atoms with Crippen LogP contribution >= 0.6 is 0 Å². The van der Waals surface area contributed by atoms with Crippen molar-refractivity contribution in [3.05, 3.63) is 66.7 Å². The molecule has 1 unspecified atom stereocenters. The van der Waals surface area contributed by atoms with E-state index in [1.165, 1.54) is 16.8 Å². The van der Waals surface area contributed by atoms with Gasteiger partial charge in [-0.05, 0) is 36.4 Å². The molecule has 0 spiro atoms. The smallest absolute Gasteiger partial charge is 0.232 e. The van der Waals surface area contributed by atoms with Crippen molar-refractivity contribution < 1.29 is 14.0 Å². The van der Waals surface area contributed by atoms with E-state index in [0.717, 1.165) is 11.0 Å². The average Bonchev–Trinajstić information content (AvgIpc) is 3.36. The first-order chi connectivity index (χ1) is 14.6. The minimum Gasteiger partial charge on any atom is -0.326 e. The molecule has 0 saturated heterocycles. The number of para-hydroxylation sites is 2. The van der Waals surface area contributed by atoms with Crippen molar-refractivity contribution in [3.63, 3.8) is 0 Å². The number of benzene rings is 2. The number of anilines is 2. The first-order valence-corrected chi connectivity index (χ1v) is 9.44. The molecular formula is C21H17FN6O2. The highest BCUT2D eigenvalue weighted by atomic mass is 19.1. The molecule has 2 amide bonds.